The van der Waals surface area contributed by atoms with Crippen molar-refractivity contribution in [1.29, 1.82) is 0 Å². The van der Waals surface area contributed by atoms with Crippen LogP contribution in [0, 0.1) is 5.92 Å². The first-order chi connectivity index (χ1) is 20.8. The van der Waals surface area contributed by atoms with Crippen molar-refractivity contribution >= 4 is 27.7 Å². The van der Waals surface area contributed by atoms with Crippen molar-refractivity contribution in [2.75, 3.05) is 36.5 Å². The van der Waals surface area contributed by atoms with E-state index in [9.17, 15) is 9.00 Å². The Kier molecular flexibility index (Phi) is 9.05. The van der Waals surface area contributed by atoms with Crippen LogP contribution in [0.3, 0.4) is 0 Å². The zero-order chi connectivity index (χ0) is 30.0. The van der Waals surface area contributed by atoms with Gasteiger partial charge in [0.2, 0.25) is 0 Å². The number of aryl methyl sites for hydroxylation is 1. The highest BCUT2D eigenvalue weighted by Crippen LogP contribution is 2.42. The number of hydrogen-bond acceptors (Lipinski definition) is 6. The van der Waals surface area contributed by atoms with Gasteiger partial charge in [-0.05, 0) is 88.6 Å². The van der Waals surface area contributed by atoms with Crippen LogP contribution < -0.4 is 10.9 Å². The van der Waals surface area contributed by atoms with E-state index in [1.807, 2.05) is 19.1 Å². The topological polar surface area (TPSA) is 80.1 Å². The predicted molar refractivity (Wildman–Crippen MR) is 168 cm³/mol. The fourth-order valence-electron chi connectivity index (χ4n) is 6.81. The third-order valence-electron chi connectivity index (χ3n) is 9.50. The lowest BCUT2D eigenvalue weighted by Gasteiger charge is -2.35. The molecule has 0 radical (unpaired) electrons. The maximum atomic E-state index is 15.8. The average Bonchev–Trinajstić information content (AvgIpc) is 3.02. The number of aromatic nitrogens is 3. The minimum absolute atomic E-state index is 0.0321. The molecule has 230 valence electrons. The Balaban J connectivity index is 1.40. The molecule has 2 fully saturated rings. The summed E-state index contributed by atoms with van der Waals surface area (Å²) in [6.45, 7) is 4.60. The van der Waals surface area contributed by atoms with E-state index in [2.05, 4.69) is 32.3 Å². The van der Waals surface area contributed by atoms with Gasteiger partial charge in [-0.15, -0.1) is 0 Å². The van der Waals surface area contributed by atoms with E-state index in [0.29, 0.717) is 68.3 Å². The fourth-order valence-corrected chi connectivity index (χ4v) is 8.11. The normalized spacial score (nSPS) is 29.0. The quantitative estimate of drug-likeness (QED) is 0.334. The first-order valence-electron chi connectivity index (χ1n) is 15.7. The third kappa shape index (κ3) is 6.45. The van der Waals surface area contributed by atoms with Gasteiger partial charge in [0.25, 0.3) is 11.5 Å². The zero-order valence-corrected chi connectivity index (χ0v) is 25.6. The van der Waals surface area contributed by atoms with Gasteiger partial charge in [0, 0.05) is 58.5 Å². The van der Waals surface area contributed by atoms with Crippen LogP contribution in [0.15, 0.2) is 53.6 Å². The standard InChI is InChI=1S/C33H41F2N5O2S/c1-23-25-8-7-9-27(20-25)33(34,35)26-10-16-39(17-11-26)14-5-3-2-4-6-15-40-31-29(30(38-23)36-22-37-31)21-28(32(40)41)24-12-18-43(42)19-13-24/h3,5,7-9,20-24,26H,2,4,6,10-19H2,1H3,(H,36,37,38)/b5-3+/t23-,24?,43?/m1/s1. The second kappa shape index (κ2) is 12.9. The summed E-state index contributed by atoms with van der Waals surface area (Å²) in [4.78, 5) is 25.3. The molecule has 0 aliphatic carbocycles. The summed E-state index contributed by atoms with van der Waals surface area (Å²) >= 11 is 0. The van der Waals surface area contributed by atoms with E-state index in [-0.39, 0.29) is 23.1 Å². The molecule has 4 aliphatic heterocycles. The van der Waals surface area contributed by atoms with Crippen LogP contribution in [0.5, 0.6) is 0 Å². The maximum absolute atomic E-state index is 15.8. The maximum Gasteiger partial charge on any atom is 0.276 e. The lowest BCUT2D eigenvalue weighted by atomic mass is 9.85. The Morgan fingerprint density at radius 3 is 2.58 bits per heavy atom. The van der Waals surface area contributed by atoms with Gasteiger partial charge in [-0.3, -0.25) is 18.5 Å². The number of pyridine rings is 1. The van der Waals surface area contributed by atoms with Crippen molar-refractivity contribution in [2.45, 2.75) is 76.3 Å². The van der Waals surface area contributed by atoms with Gasteiger partial charge in [-0.2, -0.15) is 0 Å². The number of benzene rings is 1. The SMILES string of the molecule is C[C@H]1Nc2ncnc3c2cc(C2CCS(=O)CC2)c(=O)n3CCCC/C=C/CN2CCC(CC2)C(F)(F)c2cccc1c2. The summed E-state index contributed by atoms with van der Waals surface area (Å²) in [6, 6.07) is 8.36. The molecule has 7 rings (SSSR count). The molecule has 0 amide bonds. The zero-order valence-electron chi connectivity index (χ0n) is 24.8. The molecule has 4 aliphatic rings. The van der Waals surface area contributed by atoms with E-state index in [4.69, 9.17) is 0 Å². The van der Waals surface area contributed by atoms with Crippen LogP contribution in [0.4, 0.5) is 14.6 Å². The van der Waals surface area contributed by atoms with Crippen molar-refractivity contribution in [1.82, 2.24) is 19.4 Å². The Morgan fingerprint density at radius 1 is 1.00 bits per heavy atom. The van der Waals surface area contributed by atoms with Crippen molar-refractivity contribution in [3.05, 3.63) is 75.9 Å². The van der Waals surface area contributed by atoms with Crippen LogP contribution in [-0.2, 0) is 23.3 Å². The minimum atomic E-state index is -2.91. The van der Waals surface area contributed by atoms with E-state index in [1.165, 1.54) is 6.33 Å². The molecule has 6 heterocycles. The number of piperidine rings is 1. The van der Waals surface area contributed by atoms with Crippen LogP contribution in [0.1, 0.15) is 80.5 Å². The molecule has 3 aromatic rings. The number of hydrogen-bond donors (Lipinski definition) is 1. The predicted octanol–water partition coefficient (Wildman–Crippen LogP) is 6.13. The van der Waals surface area contributed by atoms with Crippen molar-refractivity contribution < 1.29 is 13.0 Å². The van der Waals surface area contributed by atoms with Crippen LogP contribution in [0.2, 0.25) is 0 Å². The molecule has 2 saturated heterocycles. The molecular weight excluding hydrogens is 568 g/mol. The Morgan fingerprint density at radius 2 is 1.79 bits per heavy atom. The molecule has 1 N–H and O–H groups in total. The van der Waals surface area contributed by atoms with Crippen LogP contribution in [-0.4, -0.2) is 54.8 Å². The van der Waals surface area contributed by atoms with Gasteiger partial charge in [-0.25, -0.2) is 18.7 Å². The molecule has 7 nitrogen and oxygen atoms in total. The van der Waals surface area contributed by atoms with Crippen molar-refractivity contribution in [2.24, 2.45) is 5.92 Å². The molecule has 10 heteroatoms. The molecule has 8 bridgehead atoms. The Bertz CT molecular complexity index is 1560. The van der Waals surface area contributed by atoms with E-state index in [1.54, 1.807) is 22.8 Å². The van der Waals surface area contributed by atoms with Gasteiger partial charge in [0.1, 0.15) is 17.8 Å². The molecule has 0 saturated carbocycles. The van der Waals surface area contributed by atoms with Crippen LogP contribution in [0.25, 0.3) is 11.0 Å². The summed E-state index contributed by atoms with van der Waals surface area (Å²) in [6.07, 6.45) is 10.8. The summed E-state index contributed by atoms with van der Waals surface area (Å²) in [5, 5.41) is 4.20. The number of nitrogens with zero attached hydrogens (tertiary/aromatic N) is 4. The molecule has 1 atom stereocenters. The third-order valence-corrected chi connectivity index (χ3v) is 10.9. The summed E-state index contributed by atoms with van der Waals surface area (Å²) in [7, 11) is -0.832. The summed E-state index contributed by atoms with van der Waals surface area (Å²) < 4.78 is 45.5. The fraction of sp³-hybridized carbons (Fsp3) is 0.545. The molecule has 0 spiro atoms. The molecule has 0 unspecified atom stereocenters. The summed E-state index contributed by atoms with van der Waals surface area (Å²) in [5.41, 5.74) is 2.07. The molecular formula is C33H41F2N5O2S. The Hall–Kier alpha value is -2.98. The van der Waals surface area contributed by atoms with E-state index < -0.39 is 22.6 Å². The number of allylic oxidation sites excluding steroid dienone is 1. The highest BCUT2D eigenvalue weighted by molar-refractivity contribution is 7.85. The van der Waals surface area contributed by atoms with Gasteiger partial charge in [-0.1, -0.05) is 30.4 Å². The monoisotopic (exact) mass is 609 g/mol. The lowest BCUT2D eigenvalue weighted by molar-refractivity contribution is -0.0847. The van der Waals surface area contributed by atoms with E-state index in [0.717, 1.165) is 42.3 Å². The largest absolute Gasteiger partial charge is 0.363 e. The van der Waals surface area contributed by atoms with Crippen LogP contribution >= 0.6 is 0 Å². The first-order valence-corrected chi connectivity index (χ1v) is 17.2. The molecule has 2 aromatic heterocycles. The van der Waals surface area contributed by atoms with Gasteiger partial charge >= 0.3 is 0 Å². The highest BCUT2D eigenvalue weighted by atomic mass is 32.2. The number of rotatable bonds is 1. The van der Waals surface area contributed by atoms with Gasteiger partial charge in [0.15, 0.2) is 0 Å². The molecule has 43 heavy (non-hydrogen) atoms. The highest BCUT2D eigenvalue weighted by Gasteiger charge is 2.42. The second-order valence-electron chi connectivity index (χ2n) is 12.3. The number of anilines is 1. The molecule has 1 aromatic carbocycles. The van der Waals surface area contributed by atoms with Gasteiger partial charge in [0.05, 0.1) is 5.39 Å². The van der Waals surface area contributed by atoms with Crippen molar-refractivity contribution in [3.8, 4) is 0 Å². The number of halogens is 2. The van der Waals surface area contributed by atoms with Gasteiger partial charge < -0.3 is 5.32 Å². The number of fused-ring (bicyclic) bond motifs is 8. The first kappa shape index (κ1) is 30.1. The number of alkyl halides is 2. The average molecular weight is 610 g/mol. The Labute approximate surface area is 254 Å². The summed E-state index contributed by atoms with van der Waals surface area (Å²) in [5.74, 6) is -1.79. The smallest absolute Gasteiger partial charge is 0.276 e. The lowest BCUT2D eigenvalue weighted by Crippen LogP contribution is -2.39. The second-order valence-corrected chi connectivity index (χ2v) is 14.0. The minimum Gasteiger partial charge on any atom is -0.363 e. The van der Waals surface area contributed by atoms with E-state index >= 15 is 8.78 Å². The number of nitrogens with one attached hydrogen (secondary N) is 1. The van der Waals surface area contributed by atoms with Crippen molar-refractivity contribution in [3.63, 3.8) is 0 Å².